The average Bonchev–Trinajstić information content (AvgIpc) is 2.84. The van der Waals surface area contributed by atoms with Crippen molar-refractivity contribution in [3.05, 3.63) is 0 Å². The molecule has 0 aromatic carbocycles. The fourth-order valence-corrected chi connectivity index (χ4v) is 5.48. The van der Waals surface area contributed by atoms with Crippen LogP contribution in [-0.4, -0.2) is 105 Å². The molecule has 36 heavy (non-hydrogen) atoms. The predicted octanol–water partition coefficient (Wildman–Crippen LogP) is 7.25. The Morgan fingerprint density at radius 3 is 1.22 bits per heavy atom. The summed E-state index contributed by atoms with van der Waals surface area (Å²) in [6.45, 7) is 18.6. The van der Waals surface area contributed by atoms with Gasteiger partial charge in [-0.05, 0) is 27.2 Å². The van der Waals surface area contributed by atoms with E-state index in [0.29, 0.717) is 0 Å². The highest BCUT2D eigenvalue weighted by atomic mass is 16.3. The van der Waals surface area contributed by atoms with Crippen molar-refractivity contribution in [2.75, 3.05) is 80.5 Å². The lowest BCUT2D eigenvalue weighted by molar-refractivity contribution is -0.941. The molecule has 0 aliphatic carbocycles. The Labute approximate surface area is 229 Å². The molecule has 0 spiro atoms. The monoisotopic (exact) mass is 515 g/mol. The van der Waals surface area contributed by atoms with Crippen molar-refractivity contribution in [3.63, 3.8) is 0 Å². The van der Waals surface area contributed by atoms with E-state index < -0.39 is 0 Å². The summed E-state index contributed by atoms with van der Waals surface area (Å²) in [6, 6.07) is 0. The van der Waals surface area contributed by atoms with Crippen molar-refractivity contribution < 1.29 is 18.6 Å². The number of nitrogens with zero attached hydrogens (tertiary/aromatic N) is 3. The molecule has 0 aliphatic heterocycles. The molecule has 1 unspecified atom stereocenters. The van der Waals surface area contributed by atoms with Gasteiger partial charge in [0.25, 0.3) is 0 Å². The van der Waals surface area contributed by atoms with Gasteiger partial charge >= 0.3 is 0 Å². The van der Waals surface area contributed by atoms with E-state index in [-0.39, 0.29) is 6.10 Å². The van der Waals surface area contributed by atoms with Gasteiger partial charge in [-0.1, -0.05) is 84.0 Å². The van der Waals surface area contributed by atoms with Gasteiger partial charge in [0.15, 0.2) is 0 Å². The molecule has 0 aliphatic rings. The normalized spacial score (nSPS) is 13.9. The second kappa shape index (κ2) is 20.8. The second-order valence-electron chi connectivity index (χ2n) is 13.3. The van der Waals surface area contributed by atoms with Crippen molar-refractivity contribution in [3.8, 4) is 0 Å². The maximum Gasteiger partial charge on any atom is 0.105 e. The number of hydrogen-bond donors (Lipinski definition) is 1. The van der Waals surface area contributed by atoms with E-state index in [2.05, 4.69) is 55.9 Å². The number of aliphatic hydroxyl groups excluding tert-OH is 1. The molecule has 0 saturated carbocycles. The van der Waals surface area contributed by atoms with E-state index in [0.717, 1.165) is 33.0 Å². The molecule has 0 aromatic heterocycles. The molecule has 0 saturated heterocycles. The zero-order chi connectivity index (χ0) is 27.3. The summed E-state index contributed by atoms with van der Waals surface area (Å²) >= 11 is 0. The van der Waals surface area contributed by atoms with Gasteiger partial charge in [-0.2, -0.15) is 0 Å². The van der Waals surface area contributed by atoms with Crippen LogP contribution in [0.3, 0.4) is 0 Å². The standard InChI is InChI=1S/C32H72N3O/c1-9-13-14-15-16-17-18-19-20-21-22-23-26-32(36)31-35(12-4,29-24-27-33(5,6)10-2)30-25-28-34(7,8)11-3/h32,36H,9-31H2,1-8H3/q+3. The van der Waals surface area contributed by atoms with Gasteiger partial charge in [-0.25, -0.2) is 0 Å². The first-order valence-corrected chi connectivity index (χ1v) is 16.2. The molecule has 0 rings (SSSR count). The zero-order valence-corrected chi connectivity index (χ0v) is 26.6. The van der Waals surface area contributed by atoms with Crippen molar-refractivity contribution in [1.29, 1.82) is 0 Å². The van der Waals surface area contributed by atoms with Crippen LogP contribution in [0.5, 0.6) is 0 Å². The van der Waals surface area contributed by atoms with E-state index in [1.807, 2.05) is 0 Å². The van der Waals surface area contributed by atoms with Crippen molar-refractivity contribution >= 4 is 0 Å². The molecule has 4 heteroatoms. The van der Waals surface area contributed by atoms with Crippen LogP contribution >= 0.6 is 0 Å². The molecule has 0 amide bonds. The first-order valence-electron chi connectivity index (χ1n) is 16.2. The largest absolute Gasteiger partial charge is 0.387 e. The Bertz CT molecular complexity index is 470. The smallest absolute Gasteiger partial charge is 0.105 e. The van der Waals surface area contributed by atoms with E-state index in [4.69, 9.17) is 0 Å². The van der Waals surface area contributed by atoms with Crippen molar-refractivity contribution in [2.45, 2.75) is 130 Å². The average molecular weight is 515 g/mol. The highest BCUT2D eigenvalue weighted by Gasteiger charge is 2.30. The fraction of sp³-hybridized carbons (Fsp3) is 1.00. The minimum absolute atomic E-state index is 0.143. The minimum atomic E-state index is -0.143. The summed E-state index contributed by atoms with van der Waals surface area (Å²) in [7, 11) is 9.41. The molecule has 0 radical (unpaired) electrons. The Morgan fingerprint density at radius 2 is 0.861 bits per heavy atom. The highest BCUT2D eigenvalue weighted by molar-refractivity contribution is 4.59. The third-order valence-electron chi connectivity index (χ3n) is 9.16. The van der Waals surface area contributed by atoms with Crippen LogP contribution in [-0.2, 0) is 0 Å². The second-order valence-corrected chi connectivity index (χ2v) is 13.3. The van der Waals surface area contributed by atoms with Gasteiger partial charge in [-0.15, -0.1) is 0 Å². The highest BCUT2D eigenvalue weighted by Crippen LogP contribution is 2.18. The van der Waals surface area contributed by atoms with Gasteiger partial charge in [-0.3, -0.25) is 0 Å². The number of aliphatic hydroxyl groups is 1. The van der Waals surface area contributed by atoms with Gasteiger partial charge in [0.1, 0.15) is 12.6 Å². The molecule has 0 bridgehead atoms. The number of rotatable bonds is 26. The third kappa shape index (κ3) is 19.0. The molecule has 1 N–H and O–H groups in total. The first kappa shape index (κ1) is 35.8. The molecular formula is C32H72N3O+3. The van der Waals surface area contributed by atoms with Crippen molar-refractivity contribution in [1.82, 2.24) is 0 Å². The molecule has 1 atom stereocenters. The summed E-state index contributed by atoms with van der Waals surface area (Å²) < 4.78 is 3.31. The minimum Gasteiger partial charge on any atom is -0.387 e. The lowest BCUT2D eigenvalue weighted by Crippen LogP contribution is -2.55. The van der Waals surface area contributed by atoms with Gasteiger partial charge in [0.2, 0.25) is 0 Å². The Hall–Kier alpha value is -0.160. The maximum atomic E-state index is 11.1. The number of likely N-dealkylation sites (N-methyl/N-ethyl adjacent to an activating group) is 1. The summed E-state index contributed by atoms with van der Waals surface area (Å²) in [5.74, 6) is 0. The topological polar surface area (TPSA) is 20.2 Å². The van der Waals surface area contributed by atoms with E-state index in [1.54, 1.807) is 0 Å². The van der Waals surface area contributed by atoms with E-state index >= 15 is 0 Å². The SMILES string of the molecule is CCCCCCCCCCCCCCC(O)C[N+](CC)(CCC[N+](C)(C)CC)CCC[N+](C)(C)CC. The van der Waals surface area contributed by atoms with Gasteiger partial charge in [0, 0.05) is 12.8 Å². The van der Waals surface area contributed by atoms with Crippen LogP contribution in [0.4, 0.5) is 0 Å². The summed E-state index contributed by atoms with van der Waals surface area (Å²) in [6.07, 6.45) is 19.9. The van der Waals surface area contributed by atoms with Gasteiger partial charge in [0.05, 0.1) is 74.0 Å². The molecule has 4 nitrogen and oxygen atoms in total. The van der Waals surface area contributed by atoms with Crippen LogP contribution in [0.2, 0.25) is 0 Å². The number of quaternary nitrogens is 3. The number of unbranched alkanes of at least 4 members (excludes halogenated alkanes) is 11. The van der Waals surface area contributed by atoms with E-state index in [9.17, 15) is 5.11 Å². The Morgan fingerprint density at radius 1 is 0.472 bits per heavy atom. The predicted molar refractivity (Wildman–Crippen MR) is 161 cm³/mol. The van der Waals surface area contributed by atoms with Crippen LogP contribution < -0.4 is 0 Å². The maximum absolute atomic E-state index is 11.1. The summed E-state index contributed by atoms with van der Waals surface area (Å²) in [5, 5.41) is 11.1. The lowest BCUT2D eigenvalue weighted by Gasteiger charge is -2.41. The first-order chi connectivity index (χ1) is 17.1. The molecule has 0 aromatic rings. The quantitative estimate of drug-likeness (QED) is 0.0952. The third-order valence-corrected chi connectivity index (χ3v) is 9.16. The molecular weight excluding hydrogens is 442 g/mol. The summed E-state index contributed by atoms with van der Waals surface area (Å²) in [5.41, 5.74) is 0. The Kier molecular flexibility index (Phi) is 20.7. The zero-order valence-electron chi connectivity index (χ0n) is 26.6. The van der Waals surface area contributed by atoms with Crippen LogP contribution in [0, 0.1) is 0 Å². The Balaban J connectivity index is 4.43. The molecule has 218 valence electrons. The van der Waals surface area contributed by atoms with Gasteiger partial charge < -0.3 is 18.6 Å². The van der Waals surface area contributed by atoms with Crippen LogP contribution in [0.1, 0.15) is 124 Å². The number of hydrogen-bond acceptors (Lipinski definition) is 1. The van der Waals surface area contributed by atoms with Crippen molar-refractivity contribution in [2.24, 2.45) is 0 Å². The molecule has 0 fully saturated rings. The lowest BCUT2D eigenvalue weighted by atomic mass is 10.0. The van der Waals surface area contributed by atoms with Crippen LogP contribution in [0.25, 0.3) is 0 Å². The fourth-order valence-electron chi connectivity index (χ4n) is 5.48. The summed E-state index contributed by atoms with van der Waals surface area (Å²) in [4.78, 5) is 0. The molecule has 0 heterocycles. The van der Waals surface area contributed by atoms with Crippen LogP contribution in [0.15, 0.2) is 0 Å². The van der Waals surface area contributed by atoms with E-state index in [1.165, 1.54) is 129 Å².